The average molecular weight is 245 g/mol. The maximum Gasteiger partial charge on any atom is 0.303 e. The van der Waals surface area contributed by atoms with Gasteiger partial charge in [0.15, 0.2) is 0 Å². The molecule has 1 heterocycles. The molecule has 18 heavy (non-hydrogen) atoms. The van der Waals surface area contributed by atoms with Crippen LogP contribution in [-0.4, -0.2) is 26.1 Å². The van der Waals surface area contributed by atoms with Crippen LogP contribution in [0.1, 0.15) is 18.9 Å². The first kappa shape index (κ1) is 12.3. The molecule has 0 atom stereocenters. The van der Waals surface area contributed by atoms with Crippen LogP contribution >= 0.6 is 0 Å². The second-order valence-corrected chi connectivity index (χ2v) is 4.03. The quantitative estimate of drug-likeness (QED) is 0.874. The second-order valence-electron chi connectivity index (χ2n) is 4.03. The SMILES string of the molecule is CCn1nncc1-c1cccc(CCC(=O)O)c1. The molecule has 2 aromatic rings. The highest BCUT2D eigenvalue weighted by Crippen LogP contribution is 2.19. The summed E-state index contributed by atoms with van der Waals surface area (Å²) < 4.78 is 1.82. The molecule has 0 fully saturated rings. The van der Waals surface area contributed by atoms with Crippen molar-refractivity contribution in [2.24, 2.45) is 0 Å². The zero-order chi connectivity index (χ0) is 13.0. The minimum Gasteiger partial charge on any atom is -0.481 e. The van der Waals surface area contributed by atoms with E-state index in [4.69, 9.17) is 5.11 Å². The van der Waals surface area contributed by atoms with Crippen molar-refractivity contribution in [1.29, 1.82) is 0 Å². The number of rotatable bonds is 5. The maximum atomic E-state index is 10.6. The summed E-state index contributed by atoms with van der Waals surface area (Å²) in [7, 11) is 0. The van der Waals surface area contributed by atoms with Crippen LogP contribution < -0.4 is 0 Å². The predicted octanol–water partition coefficient (Wildman–Crippen LogP) is 1.98. The molecule has 0 radical (unpaired) electrons. The molecule has 94 valence electrons. The number of aryl methyl sites for hydroxylation is 2. The van der Waals surface area contributed by atoms with E-state index < -0.39 is 5.97 Å². The molecule has 0 aliphatic carbocycles. The number of nitrogens with zero attached hydrogens (tertiary/aromatic N) is 3. The van der Waals surface area contributed by atoms with E-state index in [0.29, 0.717) is 6.42 Å². The first-order valence-electron chi connectivity index (χ1n) is 5.90. The van der Waals surface area contributed by atoms with Crippen molar-refractivity contribution in [1.82, 2.24) is 15.0 Å². The number of hydrogen-bond donors (Lipinski definition) is 1. The average Bonchev–Trinajstić information content (AvgIpc) is 2.85. The molecule has 0 saturated carbocycles. The Balaban J connectivity index is 2.24. The van der Waals surface area contributed by atoms with E-state index in [1.54, 1.807) is 6.20 Å². The van der Waals surface area contributed by atoms with Gasteiger partial charge in [-0.15, -0.1) is 5.10 Å². The zero-order valence-corrected chi connectivity index (χ0v) is 10.2. The van der Waals surface area contributed by atoms with Gasteiger partial charge in [-0.2, -0.15) is 0 Å². The minimum absolute atomic E-state index is 0.148. The Kier molecular flexibility index (Phi) is 3.72. The summed E-state index contributed by atoms with van der Waals surface area (Å²) in [4.78, 5) is 10.6. The van der Waals surface area contributed by atoms with E-state index in [2.05, 4.69) is 10.3 Å². The van der Waals surface area contributed by atoms with Gasteiger partial charge in [-0.25, -0.2) is 4.68 Å². The molecule has 0 unspecified atom stereocenters. The summed E-state index contributed by atoms with van der Waals surface area (Å²) >= 11 is 0. The molecule has 5 nitrogen and oxygen atoms in total. The highest BCUT2D eigenvalue weighted by molar-refractivity contribution is 5.67. The predicted molar refractivity (Wildman–Crippen MR) is 67.1 cm³/mol. The summed E-state index contributed by atoms with van der Waals surface area (Å²) in [5.41, 5.74) is 2.98. The van der Waals surface area contributed by atoms with Gasteiger partial charge < -0.3 is 5.11 Å². The first-order chi connectivity index (χ1) is 8.70. The lowest BCUT2D eigenvalue weighted by Crippen LogP contribution is -2.00. The number of hydrogen-bond acceptors (Lipinski definition) is 3. The molecule has 0 saturated heterocycles. The highest BCUT2D eigenvalue weighted by Gasteiger charge is 2.06. The van der Waals surface area contributed by atoms with Gasteiger partial charge >= 0.3 is 5.97 Å². The second kappa shape index (κ2) is 5.44. The van der Waals surface area contributed by atoms with E-state index in [1.165, 1.54) is 0 Å². The highest BCUT2D eigenvalue weighted by atomic mass is 16.4. The molecule has 0 aliphatic heterocycles. The van der Waals surface area contributed by atoms with Gasteiger partial charge in [0.05, 0.1) is 11.9 Å². The van der Waals surface area contributed by atoms with E-state index in [-0.39, 0.29) is 6.42 Å². The van der Waals surface area contributed by atoms with E-state index in [1.807, 2.05) is 35.9 Å². The Hall–Kier alpha value is -2.17. The number of carboxylic acid groups (broad SMARTS) is 1. The van der Waals surface area contributed by atoms with Crippen molar-refractivity contribution in [3.8, 4) is 11.3 Å². The maximum absolute atomic E-state index is 10.6. The van der Waals surface area contributed by atoms with E-state index >= 15 is 0 Å². The molecular formula is C13H15N3O2. The van der Waals surface area contributed by atoms with Crippen LogP contribution in [-0.2, 0) is 17.8 Å². The van der Waals surface area contributed by atoms with Crippen molar-refractivity contribution in [3.05, 3.63) is 36.0 Å². The molecule has 0 aliphatic rings. The lowest BCUT2D eigenvalue weighted by Gasteiger charge is -2.05. The van der Waals surface area contributed by atoms with Crippen LogP contribution in [0.5, 0.6) is 0 Å². The van der Waals surface area contributed by atoms with Gasteiger partial charge in [0.2, 0.25) is 0 Å². The van der Waals surface area contributed by atoms with Gasteiger partial charge in [-0.1, -0.05) is 23.4 Å². The minimum atomic E-state index is -0.777. The van der Waals surface area contributed by atoms with Gasteiger partial charge in [-0.3, -0.25) is 4.79 Å². The Morgan fingerprint density at radius 3 is 3.00 bits per heavy atom. The molecule has 1 aromatic carbocycles. The summed E-state index contributed by atoms with van der Waals surface area (Å²) in [6.07, 6.45) is 2.41. The summed E-state index contributed by atoms with van der Waals surface area (Å²) in [6.45, 7) is 2.77. The van der Waals surface area contributed by atoms with Crippen LogP contribution in [0.2, 0.25) is 0 Å². The number of carboxylic acids is 1. The monoisotopic (exact) mass is 245 g/mol. The normalized spacial score (nSPS) is 10.5. The lowest BCUT2D eigenvalue weighted by molar-refractivity contribution is -0.136. The van der Waals surface area contributed by atoms with E-state index in [9.17, 15) is 4.79 Å². The number of benzene rings is 1. The third-order valence-corrected chi connectivity index (χ3v) is 2.77. The van der Waals surface area contributed by atoms with Crippen LogP contribution in [0, 0.1) is 0 Å². The van der Waals surface area contributed by atoms with Crippen molar-refractivity contribution >= 4 is 5.97 Å². The molecule has 1 N–H and O–H groups in total. The Labute approximate surface area is 105 Å². The van der Waals surface area contributed by atoms with Crippen molar-refractivity contribution in [3.63, 3.8) is 0 Å². The fraction of sp³-hybridized carbons (Fsp3) is 0.308. The van der Waals surface area contributed by atoms with Crippen molar-refractivity contribution in [2.45, 2.75) is 26.3 Å². The molecule has 0 spiro atoms. The molecule has 0 amide bonds. The molecule has 0 bridgehead atoms. The first-order valence-corrected chi connectivity index (χ1v) is 5.90. The van der Waals surface area contributed by atoms with Gasteiger partial charge in [0.25, 0.3) is 0 Å². The standard InChI is InChI=1S/C13H15N3O2/c1-2-16-12(9-14-15-16)11-5-3-4-10(8-11)6-7-13(17)18/h3-5,8-9H,2,6-7H2,1H3,(H,17,18). The number of aliphatic carboxylic acids is 1. The third-order valence-electron chi connectivity index (χ3n) is 2.77. The van der Waals surface area contributed by atoms with Crippen LogP contribution in [0.15, 0.2) is 30.5 Å². The largest absolute Gasteiger partial charge is 0.481 e. The van der Waals surface area contributed by atoms with Gasteiger partial charge in [-0.05, 0) is 25.0 Å². The smallest absolute Gasteiger partial charge is 0.303 e. The van der Waals surface area contributed by atoms with Crippen molar-refractivity contribution in [2.75, 3.05) is 0 Å². The zero-order valence-electron chi connectivity index (χ0n) is 10.2. The summed E-state index contributed by atoms with van der Waals surface area (Å²) in [5.74, 6) is -0.777. The third kappa shape index (κ3) is 2.74. The lowest BCUT2D eigenvalue weighted by atomic mass is 10.0. The van der Waals surface area contributed by atoms with Crippen LogP contribution in [0.25, 0.3) is 11.3 Å². The van der Waals surface area contributed by atoms with Gasteiger partial charge in [0, 0.05) is 18.5 Å². The number of aromatic nitrogens is 3. The Morgan fingerprint density at radius 2 is 2.28 bits per heavy atom. The number of carbonyl (C=O) groups is 1. The fourth-order valence-corrected chi connectivity index (χ4v) is 1.85. The summed E-state index contributed by atoms with van der Waals surface area (Å²) in [6, 6.07) is 7.84. The van der Waals surface area contributed by atoms with Crippen molar-refractivity contribution < 1.29 is 9.90 Å². The summed E-state index contributed by atoms with van der Waals surface area (Å²) in [5, 5.41) is 16.6. The van der Waals surface area contributed by atoms with Crippen LogP contribution in [0.3, 0.4) is 0 Å². The topological polar surface area (TPSA) is 68.0 Å². The molecule has 2 rings (SSSR count). The van der Waals surface area contributed by atoms with Crippen LogP contribution in [0.4, 0.5) is 0 Å². The Bertz CT molecular complexity index is 549. The van der Waals surface area contributed by atoms with E-state index in [0.717, 1.165) is 23.4 Å². The fourth-order valence-electron chi connectivity index (χ4n) is 1.85. The Morgan fingerprint density at radius 1 is 1.44 bits per heavy atom. The molecular weight excluding hydrogens is 230 g/mol. The molecule has 5 heteroatoms. The molecule has 1 aromatic heterocycles. The van der Waals surface area contributed by atoms with Gasteiger partial charge in [0.1, 0.15) is 0 Å².